The topological polar surface area (TPSA) is 67.1 Å². The lowest BCUT2D eigenvalue weighted by atomic mass is 10.0. The monoisotopic (exact) mass is 414 g/mol. The number of amides is 2. The molecular formula is C23H31FN4O2+2. The van der Waals surface area contributed by atoms with Crippen molar-refractivity contribution in [2.75, 3.05) is 49.9 Å². The molecule has 30 heavy (non-hydrogen) atoms. The summed E-state index contributed by atoms with van der Waals surface area (Å²) in [4.78, 5) is 27.2. The summed E-state index contributed by atoms with van der Waals surface area (Å²) in [7, 11) is 0. The van der Waals surface area contributed by atoms with Gasteiger partial charge in [0.05, 0.1) is 0 Å². The molecule has 1 aliphatic heterocycles. The maximum Gasteiger partial charge on any atom is 0.279 e. The van der Waals surface area contributed by atoms with Crippen LogP contribution in [0.3, 0.4) is 0 Å². The fourth-order valence-corrected chi connectivity index (χ4v) is 3.81. The standard InChI is InChI=1S/C23H29FN4O2/c1-17(2)20-5-3-4-6-21(20)26-23(30)16-28-13-11-27(12-14-28)15-22(29)25-19-9-7-18(24)8-10-19/h3-10,17H,11-16H2,1-2H3,(H,25,29)(H,26,30)/p+2. The molecule has 0 unspecified atom stereocenters. The molecule has 0 aromatic heterocycles. The van der Waals surface area contributed by atoms with Crippen LogP contribution in [0.25, 0.3) is 0 Å². The fourth-order valence-electron chi connectivity index (χ4n) is 3.81. The Hall–Kier alpha value is -2.77. The van der Waals surface area contributed by atoms with Crippen molar-refractivity contribution in [3.63, 3.8) is 0 Å². The van der Waals surface area contributed by atoms with E-state index in [1.807, 2.05) is 24.3 Å². The first kappa shape index (κ1) is 21.9. The zero-order valence-corrected chi connectivity index (χ0v) is 17.6. The minimum Gasteiger partial charge on any atom is -0.321 e. The van der Waals surface area contributed by atoms with E-state index in [0.29, 0.717) is 24.7 Å². The van der Waals surface area contributed by atoms with Gasteiger partial charge in [0.2, 0.25) is 0 Å². The van der Waals surface area contributed by atoms with Gasteiger partial charge in [-0.05, 0) is 41.8 Å². The van der Waals surface area contributed by atoms with Crippen molar-refractivity contribution in [2.24, 2.45) is 0 Å². The molecule has 3 rings (SSSR count). The molecular weight excluding hydrogens is 383 g/mol. The third-order valence-corrected chi connectivity index (χ3v) is 5.47. The summed E-state index contributed by atoms with van der Waals surface area (Å²) in [6.07, 6.45) is 0. The van der Waals surface area contributed by atoms with Crippen LogP contribution in [-0.2, 0) is 9.59 Å². The van der Waals surface area contributed by atoms with Gasteiger partial charge in [0.15, 0.2) is 13.1 Å². The van der Waals surface area contributed by atoms with E-state index in [4.69, 9.17) is 0 Å². The first-order valence-corrected chi connectivity index (χ1v) is 10.5. The molecule has 1 saturated heterocycles. The van der Waals surface area contributed by atoms with Crippen LogP contribution in [0, 0.1) is 5.82 Å². The number of halogens is 1. The predicted molar refractivity (Wildman–Crippen MR) is 115 cm³/mol. The van der Waals surface area contributed by atoms with E-state index in [1.165, 1.54) is 21.9 Å². The quantitative estimate of drug-likeness (QED) is 0.527. The molecule has 0 bridgehead atoms. The molecule has 2 amide bonds. The molecule has 0 saturated carbocycles. The number of carbonyl (C=O) groups is 2. The van der Waals surface area contributed by atoms with Gasteiger partial charge in [-0.2, -0.15) is 0 Å². The fraction of sp³-hybridized carbons (Fsp3) is 0.391. The van der Waals surface area contributed by atoms with Crippen molar-refractivity contribution in [1.29, 1.82) is 0 Å². The highest BCUT2D eigenvalue weighted by Gasteiger charge is 2.26. The van der Waals surface area contributed by atoms with Gasteiger partial charge in [0.1, 0.15) is 32.0 Å². The van der Waals surface area contributed by atoms with E-state index in [2.05, 4.69) is 24.5 Å². The van der Waals surface area contributed by atoms with Crippen molar-refractivity contribution in [1.82, 2.24) is 0 Å². The summed E-state index contributed by atoms with van der Waals surface area (Å²) in [5.41, 5.74) is 2.63. The first-order valence-electron chi connectivity index (χ1n) is 10.5. The Morgan fingerprint density at radius 1 is 0.867 bits per heavy atom. The lowest BCUT2D eigenvalue weighted by Gasteiger charge is -2.29. The maximum atomic E-state index is 13.0. The van der Waals surface area contributed by atoms with Crippen LogP contribution < -0.4 is 20.4 Å². The maximum absolute atomic E-state index is 13.0. The molecule has 1 heterocycles. The number of piperazine rings is 1. The van der Waals surface area contributed by atoms with Crippen LogP contribution in [0.5, 0.6) is 0 Å². The van der Waals surface area contributed by atoms with Gasteiger partial charge in [-0.25, -0.2) is 4.39 Å². The second kappa shape index (κ2) is 10.3. The molecule has 4 N–H and O–H groups in total. The Morgan fingerprint density at radius 2 is 1.40 bits per heavy atom. The van der Waals surface area contributed by atoms with Crippen molar-refractivity contribution in [3.05, 3.63) is 59.9 Å². The SMILES string of the molecule is CC(C)c1ccccc1NC(=O)C[NH+]1CC[NH+](CC(=O)Nc2ccc(F)cc2)CC1. The number of quaternary nitrogens is 2. The summed E-state index contributed by atoms with van der Waals surface area (Å²) in [5, 5.41) is 5.86. The molecule has 0 spiro atoms. The molecule has 6 nitrogen and oxygen atoms in total. The number of rotatable bonds is 7. The van der Waals surface area contributed by atoms with Gasteiger partial charge < -0.3 is 20.4 Å². The number of nitrogens with one attached hydrogen (secondary N) is 4. The van der Waals surface area contributed by atoms with Gasteiger partial charge >= 0.3 is 0 Å². The lowest BCUT2D eigenvalue weighted by Crippen LogP contribution is -3.28. The van der Waals surface area contributed by atoms with E-state index in [9.17, 15) is 14.0 Å². The molecule has 160 valence electrons. The summed E-state index contributed by atoms with van der Waals surface area (Å²) < 4.78 is 13.0. The van der Waals surface area contributed by atoms with Crippen LogP contribution in [0.4, 0.5) is 15.8 Å². The predicted octanol–water partition coefficient (Wildman–Crippen LogP) is 0.310. The van der Waals surface area contributed by atoms with Crippen LogP contribution in [0.2, 0.25) is 0 Å². The average Bonchev–Trinajstić information content (AvgIpc) is 2.71. The van der Waals surface area contributed by atoms with Crippen LogP contribution in [0.15, 0.2) is 48.5 Å². The Labute approximate surface area is 177 Å². The van der Waals surface area contributed by atoms with E-state index in [-0.39, 0.29) is 17.6 Å². The van der Waals surface area contributed by atoms with E-state index >= 15 is 0 Å². The van der Waals surface area contributed by atoms with Crippen LogP contribution in [-0.4, -0.2) is 51.1 Å². The number of para-hydroxylation sites is 1. The molecule has 0 radical (unpaired) electrons. The Balaban J connectivity index is 1.41. The van der Waals surface area contributed by atoms with E-state index < -0.39 is 0 Å². The highest BCUT2D eigenvalue weighted by molar-refractivity contribution is 5.92. The minimum absolute atomic E-state index is 0.0237. The average molecular weight is 415 g/mol. The number of hydrogen-bond acceptors (Lipinski definition) is 2. The molecule has 2 aromatic carbocycles. The smallest absolute Gasteiger partial charge is 0.279 e. The Morgan fingerprint density at radius 3 is 1.97 bits per heavy atom. The van der Waals surface area contributed by atoms with E-state index in [0.717, 1.165) is 37.4 Å². The van der Waals surface area contributed by atoms with Gasteiger partial charge in [0.25, 0.3) is 11.8 Å². The number of hydrogen-bond donors (Lipinski definition) is 4. The third kappa shape index (κ3) is 6.37. The molecule has 7 heteroatoms. The van der Waals surface area contributed by atoms with E-state index in [1.54, 1.807) is 12.1 Å². The second-order valence-electron chi connectivity index (χ2n) is 8.20. The van der Waals surface area contributed by atoms with Crippen molar-refractivity contribution in [2.45, 2.75) is 19.8 Å². The number of anilines is 2. The van der Waals surface area contributed by atoms with Crippen LogP contribution >= 0.6 is 0 Å². The molecule has 0 atom stereocenters. The molecule has 0 aliphatic carbocycles. The lowest BCUT2D eigenvalue weighted by molar-refractivity contribution is -1.00. The summed E-state index contributed by atoms with van der Waals surface area (Å²) in [5.74, 6) is -0.0322. The summed E-state index contributed by atoms with van der Waals surface area (Å²) in [6.45, 7) is 8.40. The minimum atomic E-state index is -0.325. The third-order valence-electron chi connectivity index (χ3n) is 5.47. The zero-order valence-electron chi connectivity index (χ0n) is 17.6. The van der Waals surface area contributed by atoms with Crippen LogP contribution in [0.1, 0.15) is 25.3 Å². The summed E-state index contributed by atoms with van der Waals surface area (Å²) >= 11 is 0. The molecule has 1 fully saturated rings. The Kier molecular flexibility index (Phi) is 7.54. The van der Waals surface area contributed by atoms with Gasteiger partial charge in [0, 0.05) is 11.4 Å². The summed E-state index contributed by atoms with van der Waals surface area (Å²) in [6, 6.07) is 13.7. The van der Waals surface area contributed by atoms with Gasteiger partial charge in [-0.3, -0.25) is 9.59 Å². The van der Waals surface area contributed by atoms with Gasteiger partial charge in [-0.1, -0.05) is 32.0 Å². The molecule has 1 aliphatic rings. The number of benzene rings is 2. The second-order valence-corrected chi connectivity index (χ2v) is 8.20. The highest BCUT2D eigenvalue weighted by Crippen LogP contribution is 2.23. The van der Waals surface area contributed by atoms with Gasteiger partial charge in [-0.15, -0.1) is 0 Å². The zero-order chi connectivity index (χ0) is 21.5. The van der Waals surface area contributed by atoms with Crippen molar-refractivity contribution in [3.8, 4) is 0 Å². The molecule has 2 aromatic rings. The first-order chi connectivity index (χ1) is 14.4. The highest BCUT2D eigenvalue weighted by atomic mass is 19.1. The largest absolute Gasteiger partial charge is 0.321 e. The Bertz CT molecular complexity index is 862. The normalized spacial score (nSPS) is 18.8. The van der Waals surface area contributed by atoms with Crippen molar-refractivity contribution >= 4 is 23.2 Å². The van der Waals surface area contributed by atoms with Crippen molar-refractivity contribution < 1.29 is 23.8 Å². The number of carbonyl (C=O) groups excluding carboxylic acids is 2.